The summed E-state index contributed by atoms with van der Waals surface area (Å²) < 4.78 is 11.7. The Balaban J connectivity index is 0.00000196. The van der Waals surface area contributed by atoms with Crippen molar-refractivity contribution in [2.45, 2.75) is 44.4 Å². The second kappa shape index (κ2) is 8.35. The Kier molecular flexibility index (Phi) is 6.14. The van der Waals surface area contributed by atoms with Gasteiger partial charge >= 0.3 is 6.03 Å². The number of amides is 2. The fourth-order valence-corrected chi connectivity index (χ4v) is 4.20. The number of piperazine rings is 1. The molecule has 0 bridgehead atoms. The standard InChI is InChI=1S/C19H27N3O3.ClH/c1-24-15-6-7-17-14(12-15)13-22(16-4-2-3-5-18(16)25-17)19(23)21-10-8-20-9-11-21;/h6-7,12,16,18,20H,2-5,8-11,13H2,1H3;1H/t16-,18+;/m1./s1. The number of hydrogen-bond acceptors (Lipinski definition) is 4. The highest BCUT2D eigenvalue weighted by Crippen LogP contribution is 2.36. The quantitative estimate of drug-likeness (QED) is 0.812. The molecule has 0 spiro atoms. The lowest BCUT2D eigenvalue weighted by atomic mass is 9.91. The Morgan fingerprint density at radius 3 is 2.77 bits per heavy atom. The van der Waals surface area contributed by atoms with Crippen molar-refractivity contribution >= 4 is 18.4 Å². The molecule has 26 heavy (non-hydrogen) atoms. The summed E-state index contributed by atoms with van der Waals surface area (Å²) in [5.41, 5.74) is 1.04. The first-order chi connectivity index (χ1) is 12.3. The smallest absolute Gasteiger partial charge is 0.320 e. The van der Waals surface area contributed by atoms with Crippen LogP contribution in [0.2, 0.25) is 0 Å². The second-order valence-corrected chi connectivity index (χ2v) is 7.13. The maximum absolute atomic E-state index is 13.3. The van der Waals surface area contributed by atoms with Crippen LogP contribution < -0.4 is 14.8 Å². The maximum Gasteiger partial charge on any atom is 0.320 e. The van der Waals surface area contributed by atoms with E-state index in [1.54, 1.807) is 7.11 Å². The third-order valence-electron chi connectivity index (χ3n) is 5.59. The van der Waals surface area contributed by atoms with E-state index < -0.39 is 0 Å². The summed E-state index contributed by atoms with van der Waals surface area (Å²) in [7, 11) is 1.67. The van der Waals surface area contributed by atoms with Gasteiger partial charge in [-0.05, 0) is 37.5 Å². The van der Waals surface area contributed by atoms with Crippen LogP contribution in [0.3, 0.4) is 0 Å². The first kappa shape index (κ1) is 19.1. The van der Waals surface area contributed by atoms with Crippen molar-refractivity contribution in [3.63, 3.8) is 0 Å². The zero-order valence-corrected chi connectivity index (χ0v) is 16.1. The van der Waals surface area contributed by atoms with Crippen LogP contribution in [0.25, 0.3) is 0 Å². The van der Waals surface area contributed by atoms with Gasteiger partial charge in [-0.2, -0.15) is 0 Å². The van der Waals surface area contributed by atoms with Crippen molar-refractivity contribution in [3.8, 4) is 11.5 Å². The first-order valence-corrected chi connectivity index (χ1v) is 9.36. The molecule has 1 N–H and O–H groups in total. The molecule has 2 fully saturated rings. The number of hydrogen-bond donors (Lipinski definition) is 1. The van der Waals surface area contributed by atoms with Crippen LogP contribution in [0.1, 0.15) is 31.2 Å². The van der Waals surface area contributed by atoms with E-state index in [4.69, 9.17) is 9.47 Å². The number of carbonyl (C=O) groups excluding carboxylic acids is 1. The molecule has 6 nitrogen and oxygen atoms in total. The van der Waals surface area contributed by atoms with Crippen molar-refractivity contribution in [3.05, 3.63) is 23.8 Å². The van der Waals surface area contributed by atoms with E-state index in [1.165, 1.54) is 6.42 Å². The summed E-state index contributed by atoms with van der Waals surface area (Å²) >= 11 is 0. The Morgan fingerprint density at radius 1 is 1.23 bits per heavy atom. The predicted molar refractivity (Wildman–Crippen MR) is 102 cm³/mol. The highest BCUT2D eigenvalue weighted by atomic mass is 35.5. The van der Waals surface area contributed by atoms with Crippen molar-refractivity contribution < 1.29 is 14.3 Å². The van der Waals surface area contributed by atoms with Crippen LogP contribution in [0, 0.1) is 0 Å². The number of methoxy groups -OCH3 is 1. The van der Waals surface area contributed by atoms with Crippen molar-refractivity contribution in [1.29, 1.82) is 0 Å². The largest absolute Gasteiger partial charge is 0.497 e. The van der Waals surface area contributed by atoms with Gasteiger partial charge in [0.1, 0.15) is 17.6 Å². The van der Waals surface area contributed by atoms with Gasteiger partial charge in [-0.3, -0.25) is 0 Å². The van der Waals surface area contributed by atoms with Crippen LogP contribution in [-0.4, -0.2) is 61.3 Å². The molecule has 0 unspecified atom stereocenters. The molecule has 2 amide bonds. The molecule has 1 saturated heterocycles. The zero-order valence-electron chi connectivity index (χ0n) is 15.3. The summed E-state index contributed by atoms with van der Waals surface area (Å²) in [6.45, 7) is 3.89. The Hall–Kier alpha value is -1.66. The third-order valence-corrected chi connectivity index (χ3v) is 5.59. The number of benzene rings is 1. The van der Waals surface area contributed by atoms with Crippen LogP contribution in [0.15, 0.2) is 18.2 Å². The fraction of sp³-hybridized carbons (Fsp3) is 0.632. The number of carbonyl (C=O) groups is 1. The molecular weight excluding hydrogens is 354 g/mol. The van der Waals surface area contributed by atoms with Gasteiger partial charge in [-0.1, -0.05) is 6.42 Å². The molecule has 3 aliphatic rings. The summed E-state index contributed by atoms with van der Waals surface area (Å²) in [5.74, 6) is 1.70. The SMILES string of the molecule is COc1ccc2c(c1)CN(C(=O)N1CCNCC1)[C@@H]1CCCC[C@@H]1O2.Cl. The zero-order chi connectivity index (χ0) is 17.2. The average molecular weight is 382 g/mol. The van der Waals surface area contributed by atoms with E-state index in [1.807, 2.05) is 23.1 Å². The summed E-state index contributed by atoms with van der Waals surface area (Å²) in [6.07, 6.45) is 4.46. The molecule has 0 radical (unpaired) electrons. The summed E-state index contributed by atoms with van der Waals surface area (Å²) in [4.78, 5) is 17.3. The lowest BCUT2D eigenvalue weighted by molar-refractivity contribution is 0.0492. The molecule has 2 aliphatic heterocycles. The van der Waals surface area contributed by atoms with Crippen LogP contribution >= 0.6 is 12.4 Å². The number of nitrogens with one attached hydrogen (secondary N) is 1. The number of urea groups is 1. The molecule has 1 aliphatic carbocycles. The van der Waals surface area contributed by atoms with Gasteiger partial charge in [-0.25, -0.2) is 4.79 Å². The first-order valence-electron chi connectivity index (χ1n) is 9.36. The maximum atomic E-state index is 13.3. The molecule has 2 atom stereocenters. The number of rotatable bonds is 1. The van der Waals surface area contributed by atoms with Gasteiger partial charge in [0, 0.05) is 31.7 Å². The lowest BCUT2D eigenvalue weighted by Crippen LogP contribution is -2.56. The minimum absolute atomic E-state index is 0. The van der Waals surface area contributed by atoms with Gasteiger partial charge in [0.25, 0.3) is 0 Å². The highest BCUT2D eigenvalue weighted by molar-refractivity contribution is 5.85. The monoisotopic (exact) mass is 381 g/mol. The van der Waals surface area contributed by atoms with Gasteiger partial charge in [0.2, 0.25) is 0 Å². The molecule has 0 aromatic heterocycles. The summed E-state index contributed by atoms with van der Waals surface area (Å²) in [6, 6.07) is 6.24. The van der Waals surface area contributed by atoms with Crippen LogP contribution in [0.5, 0.6) is 11.5 Å². The predicted octanol–water partition coefficient (Wildman–Crippen LogP) is 2.65. The molecule has 1 aromatic rings. The number of fused-ring (bicyclic) bond motifs is 2. The summed E-state index contributed by atoms with van der Waals surface area (Å²) in [5, 5.41) is 3.32. The average Bonchev–Trinajstić information content (AvgIpc) is 2.84. The Morgan fingerprint density at radius 2 is 2.00 bits per heavy atom. The molecule has 1 saturated carbocycles. The van der Waals surface area contributed by atoms with Gasteiger partial charge in [0.05, 0.1) is 19.7 Å². The number of nitrogens with zero attached hydrogens (tertiary/aromatic N) is 2. The molecule has 144 valence electrons. The Labute approximate surface area is 161 Å². The lowest BCUT2D eigenvalue weighted by Gasteiger charge is -2.40. The van der Waals surface area contributed by atoms with Crippen molar-refractivity contribution in [2.75, 3.05) is 33.3 Å². The minimum atomic E-state index is 0. The highest BCUT2D eigenvalue weighted by Gasteiger charge is 2.39. The molecule has 7 heteroatoms. The van der Waals surface area contributed by atoms with E-state index in [2.05, 4.69) is 10.2 Å². The van der Waals surface area contributed by atoms with Crippen molar-refractivity contribution in [1.82, 2.24) is 15.1 Å². The number of ether oxygens (including phenoxy) is 2. The van der Waals surface area contributed by atoms with E-state index in [9.17, 15) is 4.79 Å². The van der Waals surface area contributed by atoms with Gasteiger partial charge in [-0.15, -0.1) is 12.4 Å². The van der Waals surface area contributed by atoms with Crippen molar-refractivity contribution in [2.24, 2.45) is 0 Å². The molecule has 2 heterocycles. The Bertz CT molecular complexity index is 636. The van der Waals surface area contributed by atoms with E-state index in [0.717, 1.165) is 62.5 Å². The number of halogens is 1. The second-order valence-electron chi connectivity index (χ2n) is 7.13. The van der Waals surface area contributed by atoms with Gasteiger partial charge < -0.3 is 24.6 Å². The van der Waals surface area contributed by atoms with E-state index in [-0.39, 0.29) is 30.6 Å². The van der Waals surface area contributed by atoms with E-state index >= 15 is 0 Å². The van der Waals surface area contributed by atoms with Crippen LogP contribution in [0.4, 0.5) is 4.79 Å². The molecular formula is C19H28ClN3O3. The minimum Gasteiger partial charge on any atom is -0.497 e. The topological polar surface area (TPSA) is 54.0 Å². The van der Waals surface area contributed by atoms with Crippen LogP contribution in [-0.2, 0) is 6.54 Å². The van der Waals surface area contributed by atoms with E-state index in [0.29, 0.717) is 6.54 Å². The van der Waals surface area contributed by atoms with Gasteiger partial charge in [0.15, 0.2) is 0 Å². The molecule has 4 rings (SSSR count). The third kappa shape index (κ3) is 3.71. The molecule has 1 aromatic carbocycles. The fourth-order valence-electron chi connectivity index (χ4n) is 4.20. The normalized spacial score (nSPS) is 25.1.